The minimum absolute atomic E-state index is 0.0326. The van der Waals surface area contributed by atoms with E-state index >= 15 is 0 Å². The van der Waals surface area contributed by atoms with Crippen molar-refractivity contribution in [2.75, 3.05) is 0 Å². The van der Waals surface area contributed by atoms with E-state index in [1.807, 2.05) is 0 Å². The Kier molecular flexibility index (Phi) is 2.62. The number of hydrogen-bond acceptors (Lipinski definition) is 0. The van der Waals surface area contributed by atoms with Crippen molar-refractivity contribution in [1.82, 2.24) is 0 Å². The van der Waals surface area contributed by atoms with Gasteiger partial charge in [0.15, 0.2) is 0 Å². The molecule has 0 radical (unpaired) electrons. The quantitative estimate of drug-likeness (QED) is 0.612. The molecule has 1 aromatic carbocycles. The first-order chi connectivity index (χ1) is 5.96. The van der Waals surface area contributed by atoms with E-state index in [2.05, 4.69) is 20.8 Å². The summed E-state index contributed by atoms with van der Waals surface area (Å²) in [6.45, 7) is 6.61. The number of benzene rings is 1. The summed E-state index contributed by atoms with van der Waals surface area (Å²) in [4.78, 5) is 2.95. The highest BCUT2D eigenvalue weighted by atomic mass is 79.9. The van der Waals surface area contributed by atoms with Crippen LogP contribution >= 0.6 is 15.9 Å². The molecule has 0 aliphatic heterocycles. The van der Waals surface area contributed by atoms with Crippen molar-refractivity contribution in [2.24, 2.45) is 0 Å². The summed E-state index contributed by atoms with van der Waals surface area (Å²) in [5.41, 5.74) is -0.851. The van der Waals surface area contributed by atoms with E-state index in [1.54, 1.807) is 0 Å². The van der Waals surface area contributed by atoms with Gasteiger partial charge in [-0.3, -0.25) is 0 Å². The van der Waals surface area contributed by atoms with Crippen LogP contribution in [-0.2, 0) is 6.18 Å². The number of rotatable bonds is 0. The van der Waals surface area contributed by atoms with Crippen LogP contribution in [0.3, 0.4) is 0 Å². The van der Waals surface area contributed by atoms with Crippen molar-refractivity contribution < 1.29 is 13.2 Å². The van der Waals surface area contributed by atoms with Crippen LogP contribution in [0.15, 0.2) is 22.7 Å². The minimum atomic E-state index is -4.42. The lowest BCUT2D eigenvalue weighted by Gasteiger charge is -2.09. The molecule has 1 rings (SSSR count). The molecule has 0 aliphatic rings. The third-order valence-corrected chi connectivity index (χ3v) is 2.24. The number of nitrogens with zero attached hydrogens (tertiary/aromatic N) is 1. The third-order valence-electron chi connectivity index (χ3n) is 1.40. The molecule has 0 aromatic heterocycles. The van der Waals surface area contributed by atoms with Crippen LogP contribution in [0.1, 0.15) is 5.56 Å². The molecule has 0 unspecified atom stereocenters. The Bertz CT molecular complexity index is 365. The molecular weight excluding hydrogens is 247 g/mol. The van der Waals surface area contributed by atoms with Crippen molar-refractivity contribution >= 4 is 21.6 Å². The van der Waals surface area contributed by atoms with Gasteiger partial charge in [0.1, 0.15) is 0 Å². The molecule has 0 amide bonds. The van der Waals surface area contributed by atoms with Crippen LogP contribution in [-0.4, -0.2) is 0 Å². The van der Waals surface area contributed by atoms with Gasteiger partial charge >= 0.3 is 6.18 Å². The zero-order chi connectivity index (χ0) is 10.1. The second-order valence-electron chi connectivity index (χ2n) is 2.25. The molecule has 0 bridgehead atoms. The summed E-state index contributed by atoms with van der Waals surface area (Å²) in [6.07, 6.45) is -4.42. The molecule has 1 nitrogen and oxygen atoms in total. The Labute approximate surface area is 81.1 Å². The lowest BCUT2D eigenvalue weighted by molar-refractivity contribution is -0.138. The first kappa shape index (κ1) is 10.1. The summed E-state index contributed by atoms with van der Waals surface area (Å²) in [5.74, 6) is 0. The predicted octanol–water partition coefficient (Wildman–Crippen LogP) is 4.02. The number of hydrogen-bond donors (Lipinski definition) is 0. The van der Waals surface area contributed by atoms with Crippen molar-refractivity contribution in [3.63, 3.8) is 0 Å². The molecule has 5 heteroatoms. The van der Waals surface area contributed by atoms with Gasteiger partial charge < -0.3 is 0 Å². The molecule has 0 aliphatic carbocycles. The third kappa shape index (κ3) is 2.01. The summed E-state index contributed by atoms with van der Waals surface area (Å²) in [7, 11) is 0. The van der Waals surface area contributed by atoms with E-state index in [1.165, 1.54) is 12.1 Å². The smallest absolute Gasteiger partial charge is 0.237 e. The molecule has 13 heavy (non-hydrogen) atoms. The van der Waals surface area contributed by atoms with Crippen LogP contribution in [0.25, 0.3) is 4.85 Å². The van der Waals surface area contributed by atoms with E-state index < -0.39 is 11.7 Å². The van der Waals surface area contributed by atoms with Gasteiger partial charge in [-0.05, 0) is 0 Å². The van der Waals surface area contributed by atoms with E-state index in [4.69, 9.17) is 6.57 Å². The Morgan fingerprint density at radius 1 is 1.31 bits per heavy atom. The normalized spacial score (nSPS) is 11.0. The van der Waals surface area contributed by atoms with Gasteiger partial charge in [0.25, 0.3) is 0 Å². The molecule has 0 heterocycles. The van der Waals surface area contributed by atoms with Gasteiger partial charge in [0.05, 0.1) is 12.1 Å². The summed E-state index contributed by atoms with van der Waals surface area (Å²) in [5, 5.41) is 0. The summed E-state index contributed by atoms with van der Waals surface area (Å²) >= 11 is 2.74. The highest BCUT2D eigenvalue weighted by Gasteiger charge is 2.33. The van der Waals surface area contributed by atoms with Gasteiger partial charge in [-0.15, -0.1) is 0 Å². The highest BCUT2D eigenvalue weighted by molar-refractivity contribution is 9.10. The first-order valence-corrected chi connectivity index (χ1v) is 3.99. The zero-order valence-electron chi connectivity index (χ0n) is 6.19. The van der Waals surface area contributed by atoms with Crippen molar-refractivity contribution in [3.8, 4) is 0 Å². The van der Waals surface area contributed by atoms with Crippen LogP contribution in [0.5, 0.6) is 0 Å². The molecule has 0 fully saturated rings. The number of halogens is 4. The van der Waals surface area contributed by atoms with Crippen LogP contribution < -0.4 is 0 Å². The SMILES string of the molecule is [C-]#[N+]c1cccc(C(F)(F)F)c1Br. The van der Waals surface area contributed by atoms with E-state index in [9.17, 15) is 13.2 Å². The minimum Gasteiger partial charge on any atom is -0.237 e. The monoisotopic (exact) mass is 249 g/mol. The molecule has 0 saturated heterocycles. The van der Waals surface area contributed by atoms with Crippen molar-refractivity contribution in [3.05, 3.63) is 39.7 Å². The average molecular weight is 250 g/mol. The van der Waals surface area contributed by atoms with Crippen LogP contribution in [0.4, 0.5) is 18.9 Å². The molecule has 0 spiro atoms. The number of alkyl halides is 3. The van der Waals surface area contributed by atoms with Gasteiger partial charge in [0.2, 0.25) is 5.69 Å². The van der Waals surface area contributed by atoms with Crippen LogP contribution in [0.2, 0.25) is 0 Å². The van der Waals surface area contributed by atoms with E-state index in [-0.39, 0.29) is 10.2 Å². The van der Waals surface area contributed by atoms with Crippen molar-refractivity contribution in [1.29, 1.82) is 0 Å². The zero-order valence-corrected chi connectivity index (χ0v) is 7.78. The maximum Gasteiger partial charge on any atom is 0.416 e. The first-order valence-electron chi connectivity index (χ1n) is 3.20. The van der Waals surface area contributed by atoms with Gasteiger partial charge in [-0.25, -0.2) is 4.85 Å². The van der Waals surface area contributed by atoms with Gasteiger partial charge in [-0.1, -0.05) is 34.1 Å². The standard InChI is InChI=1S/C8H3BrF3N/c1-13-6-4-2-3-5(7(6)9)8(10,11)12/h2-4H. The largest absolute Gasteiger partial charge is 0.416 e. The fourth-order valence-electron chi connectivity index (χ4n) is 0.825. The topological polar surface area (TPSA) is 4.36 Å². The van der Waals surface area contributed by atoms with E-state index in [0.29, 0.717) is 0 Å². The second kappa shape index (κ2) is 3.38. The average Bonchev–Trinajstić information content (AvgIpc) is 2.02. The molecule has 1 aromatic rings. The highest BCUT2D eigenvalue weighted by Crippen LogP contribution is 2.39. The molecule has 0 saturated carbocycles. The Morgan fingerprint density at radius 3 is 2.38 bits per heavy atom. The van der Waals surface area contributed by atoms with E-state index in [0.717, 1.165) is 6.07 Å². The Balaban J connectivity index is 3.34. The fourth-order valence-corrected chi connectivity index (χ4v) is 1.40. The lowest BCUT2D eigenvalue weighted by Crippen LogP contribution is -2.05. The molecule has 0 atom stereocenters. The molecular formula is C8H3BrF3N. The van der Waals surface area contributed by atoms with Gasteiger partial charge in [0, 0.05) is 4.47 Å². The van der Waals surface area contributed by atoms with Crippen LogP contribution in [0, 0.1) is 6.57 Å². The fraction of sp³-hybridized carbons (Fsp3) is 0.125. The Morgan fingerprint density at radius 2 is 1.92 bits per heavy atom. The molecule has 68 valence electrons. The Hall–Kier alpha value is -1.02. The maximum atomic E-state index is 12.2. The predicted molar refractivity (Wildman–Crippen MR) is 45.4 cm³/mol. The summed E-state index contributed by atoms with van der Waals surface area (Å²) < 4.78 is 36.5. The lowest BCUT2D eigenvalue weighted by atomic mass is 10.2. The summed E-state index contributed by atoms with van der Waals surface area (Å²) in [6, 6.07) is 3.46. The van der Waals surface area contributed by atoms with Gasteiger partial charge in [-0.2, -0.15) is 13.2 Å². The van der Waals surface area contributed by atoms with Crippen molar-refractivity contribution in [2.45, 2.75) is 6.18 Å². The molecule has 0 N–H and O–H groups in total. The maximum absolute atomic E-state index is 12.2. The second-order valence-corrected chi connectivity index (χ2v) is 3.04.